The highest BCUT2D eigenvalue weighted by molar-refractivity contribution is 7.09. The minimum Gasteiger partial charge on any atom is -0.394 e. The molecule has 4 heteroatoms. The number of nitrogens with one attached hydrogen (secondary N) is 1. The first-order valence-corrected chi connectivity index (χ1v) is 5.20. The van der Waals surface area contributed by atoms with Crippen LogP contribution in [0, 0.1) is 0 Å². The van der Waals surface area contributed by atoms with E-state index in [4.69, 9.17) is 5.11 Å². The number of rotatable bonds is 5. The zero-order valence-corrected chi connectivity index (χ0v) is 8.59. The van der Waals surface area contributed by atoms with Crippen molar-refractivity contribution in [2.75, 3.05) is 6.61 Å². The number of carbonyl (C=O) groups excluding carboxylic acids is 1. The van der Waals surface area contributed by atoms with Gasteiger partial charge in [0.1, 0.15) is 0 Å². The van der Waals surface area contributed by atoms with E-state index < -0.39 is 0 Å². The second-order valence-corrected chi connectivity index (χ2v) is 3.91. The van der Waals surface area contributed by atoms with E-state index >= 15 is 0 Å². The molecular formula is C10H13NO2S. The normalized spacial score (nSPS) is 12.1. The lowest BCUT2D eigenvalue weighted by atomic mass is 10.2. The average molecular weight is 211 g/mol. The topological polar surface area (TPSA) is 49.3 Å². The van der Waals surface area contributed by atoms with Gasteiger partial charge in [0.25, 0.3) is 0 Å². The van der Waals surface area contributed by atoms with E-state index in [-0.39, 0.29) is 18.6 Å². The van der Waals surface area contributed by atoms with Crippen molar-refractivity contribution in [3.05, 3.63) is 35.0 Å². The number of thiophene rings is 1. The SMILES string of the molecule is C=CC(=O)NC(CO)Cc1cccs1. The Kier molecular flexibility index (Phi) is 4.35. The van der Waals surface area contributed by atoms with Gasteiger partial charge in [0.15, 0.2) is 0 Å². The molecule has 1 aromatic heterocycles. The predicted octanol–water partition coefficient (Wildman–Crippen LogP) is 0.954. The smallest absolute Gasteiger partial charge is 0.243 e. The van der Waals surface area contributed by atoms with Crippen molar-refractivity contribution in [3.8, 4) is 0 Å². The molecule has 76 valence electrons. The molecule has 0 aromatic carbocycles. The number of aliphatic hydroxyl groups excluding tert-OH is 1. The van der Waals surface area contributed by atoms with Crippen molar-refractivity contribution in [1.29, 1.82) is 0 Å². The summed E-state index contributed by atoms with van der Waals surface area (Å²) in [6.45, 7) is 3.30. The van der Waals surface area contributed by atoms with Crippen LogP contribution in [0.25, 0.3) is 0 Å². The highest BCUT2D eigenvalue weighted by Crippen LogP contribution is 2.10. The molecule has 1 rings (SSSR count). The summed E-state index contributed by atoms with van der Waals surface area (Å²) in [5.41, 5.74) is 0. The molecule has 1 heterocycles. The van der Waals surface area contributed by atoms with Crippen LogP contribution >= 0.6 is 11.3 Å². The van der Waals surface area contributed by atoms with Gasteiger partial charge in [-0.3, -0.25) is 4.79 Å². The van der Waals surface area contributed by atoms with Crippen molar-refractivity contribution >= 4 is 17.2 Å². The number of amides is 1. The van der Waals surface area contributed by atoms with Crippen LogP contribution in [0.3, 0.4) is 0 Å². The van der Waals surface area contributed by atoms with E-state index in [1.54, 1.807) is 11.3 Å². The zero-order valence-electron chi connectivity index (χ0n) is 7.77. The van der Waals surface area contributed by atoms with Gasteiger partial charge in [-0.05, 0) is 17.5 Å². The van der Waals surface area contributed by atoms with Crippen LogP contribution in [0.15, 0.2) is 30.2 Å². The Hall–Kier alpha value is -1.13. The summed E-state index contributed by atoms with van der Waals surface area (Å²) in [5, 5.41) is 13.7. The molecule has 0 saturated carbocycles. The summed E-state index contributed by atoms with van der Waals surface area (Å²) < 4.78 is 0. The van der Waals surface area contributed by atoms with Crippen LogP contribution in [0.2, 0.25) is 0 Å². The molecule has 1 amide bonds. The maximum Gasteiger partial charge on any atom is 0.243 e. The Morgan fingerprint density at radius 2 is 2.57 bits per heavy atom. The maximum absolute atomic E-state index is 11.0. The zero-order chi connectivity index (χ0) is 10.4. The molecular weight excluding hydrogens is 198 g/mol. The molecule has 3 nitrogen and oxygen atoms in total. The quantitative estimate of drug-likeness (QED) is 0.712. The molecule has 14 heavy (non-hydrogen) atoms. The number of hydrogen-bond acceptors (Lipinski definition) is 3. The van der Waals surface area contributed by atoms with Crippen LogP contribution in [-0.2, 0) is 11.2 Å². The van der Waals surface area contributed by atoms with Crippen molar-refractivity contribution in [3.63, 3.8) is 0 Å². The lowest BCUT2D eigenvalue weighted by Crippen LogP contribution is -2.37. The lowest BCUT2D eigenvalue weighted by Gasteiger charge is -2.13. The molecule has 2 N–H and O–H groups in total. The van der Waals surface area contributed by atoms with Gasteiger partial charge >= 0.3 is 0 Å². The third kappa shape index (κ3) is 3.32. The Morgan fingerprint density at radius 3 is 3.07 bits per heavy atom. The summed E-state index contributed by atoms with van der Waals surface area (Å²) in [7, 11) is 0. The minimum atomic E-state index is -0.249. The fourth-order valence-electron chi connectivity index (χ4n) is 1.09. The molecule has 0 saturated heterocycles. The van der Waals surface area contributed by atoms with Gasteiger partial charge in [-0.25, -0.2) is 0 Å². The average Bonchev–Trinajstić information content (AvgIpc) is 2.69. The van der Waals surface area contributed by atoms with E-state index in [9.17, 15) is 4.79 Å². The monoisotopic (exact) mass is 211 g/mol. The minimum absolute atomic E-state index is 0.0581. The Balaban J connectivity index is 2.47. The lowest BCUT2D eigenvalue weighted by molar-refractivity contribution is -0.117. The highest BCUT2D eigenvalue weighted by Gasteiger charge is 2.10. The van der Waals surface area contributed by atoms with Gasteiger partial charge < -0.3 is 10.4 Å². The molecule has 0 bridgehead atoms. The van der Waals surface area contributed by atoms with Crippen molar-refractivity contribution in [2.24, 2.45) is 0 Å². The second-order valence-electron chi connectivity index (χ2n) is 2.88. The van der Waals surface area contributed by atoms with Gasteiger partial charge in [0, 0.05) is 11.3 Å². The third-order valence-corrected chi connectivity index (χ3v) is 2.68. The number of carbonyl (C=O) groups is 1. The largest absolute Gasteiger partial charge is 0.394 e. The summed E-state index contributed by atoms with van der Waals surface area (Å²) in [5.74, 6) is -0.249. The molecule has 1 aromatic rings. The Bertz CT molecular complexity index is 295. The van der Waals surface area contributed by atoms with E-state index in [0.29, 0.717) is 6.42 Å². The van der Waals surface area contributed by atoms with Crippen molar-refractivity contribution in [1.82, 2.24) is 5.32 Å². The van der Waals surface area contributed by atoms with Gasteiger partial charge in [-0.1, -0.05) is 12.6 Å². The molecule has 0 aliphatic heterocycles. The standard InChI is InChI=1S/C10H13NO2S/c1-2-10(13)11-8(7-12)6-9-4-3-5-14-9/h2-5,8,12H,1,6-7H2,(H,11,13). The summed E-state index contributed by atoms with van der Waals surface area (Å²) in [6.07, 6.45) is 1.87. The van der Waals surface area contributed by atoms with Crippen molar-refractivity contribution < 1.29 is 9.90 Å². The highest BCUT2D eigenvalue weighted by atomic mass is 32.1. The van der Waals surface area contributed by atoms with Crippen LogP contribution in [0.5, 0.6) is 0 Å². The molecule has 0 radical (unpaired) electrons. The fourth-order valence-corrected chi connectivity index (χ4v) is 1.88. The Morgan fingerprint density at radius 1 is 1.79 bits per heavy atom. The van der Waals surface area contributed by atoms with E-state index in [1.807, 2.05) is 17.5 Å². The molecule has 1 unspecified atom stereocenters. The molecule has 0 fully saturated rings. The second kappa shape index (κ2) is 5.57. The van der Waals surface area contributed by atoms with E-state index in [1.165, 1.54) is 6.08 Å². The van der Waals surface area contributed by atoms with Crippen LogP contribution in [0.4, 0.5) is 0 Å². The number of aliphatic hydroxyl groups is 1. The summed E-state index contributed by atoms with van der Waals surface area (Å²) in [4.78, 5) is 12.1. The molecule has 0 aliphatic rings. The number of hydrogen-bond donors (Lipinski definition) is 2. The first-order valence-electron chi connectivity index (χ1n) is 4.32. The van der Waals surface area contributed by atoms with Gasteiger partial charge in [-0.2, -0.15) is 0 Å². The van der Waals surface area contributed by atoms with Crippen LogP contribution < -0.4 is 5.32 Å². The Labute approximate surface area is 87.1 Å². The van der Waals surface area contributed by atoms with Crippen molar-refractivity contribution in [2.45, 2.75) is 12.5 Å². The first-order chi connectivity index (χ1) is 6.76. The van der Waals surface area contributed by atoms with Crippen LogP contribution in [0.1, 0.15) is 4.88 Å². The van der Waals surface area contributed by atoms with Gasteiger partial charge in [0.05, 0.1) is 12.6 Å². The summed E-state index contributed by atoms with van der Waals surface area (Å²) >= 11 is 1.61. The van der Waals surface area contributed by atoms with Crippen LogP contribution in [-0.4, -0.2) is 23.7 Å². The van der Waals surface area contributed by atoms with Gasteiger partial charge in [0.2, 0.25) is 5.91 Å². The maximum atomic E-state index is 11.0. The predicted molar refractivity (Wildman–Crippen MR) is 57.2 cm³/mol. The summed E-state index contributed by atoms with van der Waals surface area (Å²) in [6, 6.07) is 3.70. The third-order valence-electron chi connectivity index (χ3n) is 1.78. The van der Waals surface area contributed by atoms with E-state index in [2.05, 4.69) is 11.9 Å². The van der Waals surface area contributed by atoms with E-state index in [0.717, 1.165) is 4.88 Å². The molecule has 0 spiro atoms. The molecule has 0 aliphatic carbocycles. The molecule has 1 atom stereocenters. The first kappa shape index (κ1) is 10.9. The fraction of sp³-hybridized carbons (Fsp3) is 0.300. The van der Waals surface area contributed by atoms with Gasteiger partial charge in [-0.15, -0.1) is 11.3 Å².